The van der Waals surface area contributed by atoms with Gasteiger partial charge in [-0.15, -0.1) is 0 Å². The SMILES string of the molecule is CN1CC[C@H]2CC[C@@H](C1)N2C(=O)CN1C(=O)CNC1=O. The van der Waals surface area contributed by atoms with Crippen LogP contribution in [-0.2, 0) is 9.59 Å². The number of hydrogen-bond donors (Lipinski definition) is 1. The zero-order valence-electron chi connectivity index (χ0n) is 11.7. The highest BCUT2D eigenvalue weighted by Crippen LogP contribution is 2.30. The molecule has 3 heterocycles. The summed E-state index contributed by atoms with van der Waals surface area (Å²) in [6.07, 6.45) is 3.02. The molecule has 2 atom stereocenters. The molecule has 0 aromatic heterocycles. The van der Waals surface area contributed by atoms with E-state index in [1.165, 1.54) is 0 Å². The molecule has 7 nitrogen and oxygen atoms in total. The summed E-state index contributed by atoms with van der Waals surface area (Å²) >= 11 is 0. The van der Waals surface area contributed by atoms with Gasteiger partial charge in [0.05, 0.1) is 6.54 Å². The summed E-state index contributed by atoms with van der Waals surface area (Å²) < 4.78 is 0. The first-order valence-corrected chi connectivity index (χ1v) is 7.14. The van der Waals surface area contributed by atoms with E-state index in [-0.39, 0.29) is 37.0 Å². The lowest BCUT2D eigenvalue weighted by molar-refractivity contribution is -0.138. The number of nitrogens with one attached hydrogen (secondary N) is 1. The standard InChI is InChI=1S/C13H20N4O3/c1-15-5-4-9-2-3-10(7-15)17(9)12(19)8-16-11(18)6-14-13(16)20/h9-10H,2-8H2,1H3,(H,14,20)/t9-,10+/m1/s1. The number of carbonyl (C=O) groups excluding carboxylic acids is 3. The van der Waals surface area contributed by atoms with Crippen molar-refractivity contribution in [2.45, 2.75) is 31.3 Å². The Morgan fingerprint density at radius 3 is 2.70 bits per heavy atom. The van der Waals surface area contributed by atoms with Gasteiger partial charge >= 0.3 is 6.03 Å². The monoisotopic (exact) mass is 280 g/mol. The van der Waals surface area contributed by atoms with Gasteiger partial charge in [-0.3, -0.25) is 14.5 Å². The molecule has 0 aliphatic carbocycles. The quantitative estimate of drug-likeness (QED) is 0.674. The van der Waals surface area contributed by atoms with E-state index in [1.54, 1.807) is 0 Å². The summed E-state index contributed by atoms with van der Waals surface area (Å²) in [5.74, 6) is -0.416. The van der Waals surface area contributed by atoms with Crippen LogP contribution in [0.1, 0.15) is 19.3 Å². The first-order chi connectivity index (χ1) is 9.56. The van der Waals surface area contributed by atoms with Gasteiger partial charge in [0, 0.05) is 18.6 Å². The maximum atomic E-state index is 12.5. The fraction of sp³-hybridized carbons (Fsp3) is 0.769. The van der Waals surface area contributed by atoms with Crippen LogP contribution in [0.2, 0.25) is 0 Å². The highest BCUT2D eigenvalue weighted by molar-refractivity contribution is 6.04. The van der Waals surface area contributed by atoms with Gasteiger partial charge in [0.15, 0.2) is 0 Å². The number of likely N-dealkylation sites (N-methyl/N-ethyl adjacent to an activating group) is 1. The number of hydrogen-bond acceptors (Lipinski definition) is 4. The maximum Gasteiger partial charge on any atom is 0.325 e. The van der Waals surface area contributed by atoms with Crippen LogP contribution < -0.4 is 5.32 Å². The van der Waals surface area contributed by atoms with Crippen LogP contribution in [0.15, 0.2) is 0 Å². The van der Waals surface area contributed by atoms with Gasteiger partial charge < -0.3 is 15.1 Å². The van der Waals surface area contributed by atoms with Crippen LogP contribution in [0, 0.1) is 0 Å². The third-order valence-electron chi connectivity index (χ3n) is 4.50. The van der Waals surface area contributed by atoms with Gasteiger partial charge in [-0.25, -0.2) is 4.79 Å². The van der Waals surface area contributed by atoms with Crippen LogP contribution >= 0.6 is 0 Å². The minimum Gasteiger partial charge on any atom is -0.334 e. The number of fused-ring (bicyclic) bond motifs is 2. The molecule has 2 bridgehead atoms. The third kappa shape index (κ3) is 2.26. The molecule has 0 unspecified atom stereocenters. The number of imide groups is 1. The summed E-state index contributed by atoms with van der Waals surface area (Å²) in [4.78, 5) is 40.8. The molecule has 4 amide bonds. The first kappa shape index (κ1) is 13.4. The van der Waals surface area contributed by atoms with Crippen LogP contribution in [-0.4, -0.2) is 77.9 Å². The van der Waals surface area contributed by atoms with E-state index in [0.29, 0.717) is 0 Å². The second kappa shape index (κ2) is 5.05. The summed E-state index contributed by atoms with van der Waals surface area (Å²) in [7, 11) is 2.07. The average molecular weight is 280 g/mol. The van der Waals surface area contributed by atoms with Crippen molar-refractivity contribution in [2.24, 2.45) is 0 Å². The number of likely N-dealkylation sites (tertiary alicyclic amines) is 1. The number of urea groups is 1. The van der Waals surface area contributed by atoms with Gasteiger partial charge in [-0.1, -0.05) is 0 Å². The molecule has 0 aromatic carbocycles. The van der Waals surface area contributed by atoms with E-state index < -0.39 is 6.03 Å². The number of nitrogens with zero attached hydrogens (tertiary/aromatic N) is 3. The van der Waals surface area contributed by atoms with Crippen molar-refractivity contribution in [1.82, 2.24) is 20.0 Å². The topological polar surface area (TPSA) is 73.0 Å². The van der Waals surface area contributed by atoms with E-state index >= 15 is 0 Å². The number of rotatable bonds is 2. The van der Waals surface area contributed by atoms with Crippen molar-refractivity contribution >= 4 is 17.8 Å². The molecule has 0 aromatic rings. The highest BCUT2D eigenvalue weighted by Gasteiger charge is 2.41. The number of carbonyl (C=O) groups is 3. The number of amides is 4. The molecule has 0 saturated carbocycles. The Hall–Kier alpha value is -1.63. The van der Waals surface area contributed by atoms with E-state index in [1.807, 2.05) is 4.90 Å². The van der Waals surface area contributed by atoms with Gasteiger partial charge in [0.1, 0.15) is 6.54 Å². The molecule has 3 fully saturated rings. The summed E-state index contributed by atoms with van der Waals surface area (Å²) in [6.45, 7) is 1.75. The van der Waals surface area contributed by atoms with Crippen LogP contribution in [0.4, 0.5) is 4.79 Å². The van der Waals surface area contributed by atoms with Crippen LogP contribution in [0.3, 0.4) is 0 Å². The van der Waals surface area contributed by atoms with Crippen molar-refractivity contribution in [2.75, 3.05) is 33.2 Å². The van der Waals surface area contributed by atoms with Crippen molar-refractivity contribution in [3.05, 3.63) is 0 Å². The predicted molar refractivity (Wildman–Crippen MR) is 70.9 cm³/mol. The Kier molecular flexibility index (Phi) is 3.37. The predicted octanol–water partition coefficient (Wildman–Crippen LogP) is -0.767. The normalized spacial score (nSPS) is 30.6. The molecule has 0 radical (unpaired) electrons. The second-order valence-electron chi connectivity index (χ2n) is 5.88. The molecule has 110 valence electrons. The van der Waals surface area contributed by atoms with Crippen LogP contribution in [0.25, 0.3) is 0 Å². The average Bonchev–Trinajstić information content (AvgIpc) is 2.87. The molecule has 7 heteroatoms. The lowest BCUT2D eigenvalue weighted by Gasteiger charge is -2.29. The summed E-state index contributed by atoms with van der Waals surface area (Å²) in [5, 5.41) is 2.44. The lowest BCUT2D eigenvalue weighted by Crippen LogP contribution is -2.48. The van der Waals surface area contributed by atoms with Gasteiger partial charge in [0.2, 0.25) is 5.91 Å². The largest absolute Gasteiger partial charge is 0.334 e. The fourth-order valence-corrected chi connectivity index (χ4v) is 3.48. The van der Waals surface area contributed by atoms with E-state index in [2.05, 4.69) is 17.3 Å². The minimum atomic E-state index is -0.456. The molecule has 3 aliphatic heterocycles. The van der Waals surface area contributed by atoms with Crippen molar-refractivity contribution < 1.29 is 14.4 Å². The molecular formula is C13H20N4O3. The lowest BCUT2D eigenvalue weighted by atomic mass is 10.1. The molecule has 1 N–H and O–H groups in total. The minimum absolute atomic E-state index is 0.00169. The smallest absolute Gasteiger partial charge is 0.325 e. The van der Waals surface area contributed by atoms with Crippen molar-refractivity contribution in [1.29, 1.82) is 0 Å². The third-order valence-corrected chi connectivity index (χ3v) is 4.50. The van der Waals surface area contributed by atoms with Crippen molar-refractivity contribution in [3.63, 3.8) is 0 Å². The van der Waals surface area contributed by atoms with Gasteiger partial charge in [-0.05, 0) is 32.9 Å². The Bertz CT molecular complexity index is 437. The van der Waals surface area contributed by atoms with Crippen molar-refractivity contribution in [3.8, 4) is 0 Å². The molecule has 3 saturated heterocycles. The molecular weight excluding hydrogens is 260 g/mol. The van der Waals surface area contributed by atoms with Crippen LogP contribution in [0.5, 0.6) is 0 Å². The maximum absolute atomic E-state index is 12.5. The first-order valence-electron chi connectivity index (χ1n) is 7.14. The molecule has 20 heavy (non-hydrogen) atoms. The Labute approximate surface area is 117 Å². The van der Waals surface area contributed by atoms with E-state index in [4.69, 9.17) is 0 Å². The zero-order valence-corrected chi connectivity index (χ0v) is 11.7. The summed E-state index contributed by atoms with van der Waals surface area (Å²) in [5.41, 5.74) is 0. The summed E-state index contributed by atoms with van der Waals surface area (Å²) in [6, 6.07) is 0.0293. The highest BCUT2D eigenvalue weighted by atomic mass is 16.2. The Balaban J connectivity index is 1.70. The molecule has 3 rings (SSSR count). The molecule has 3 aliphatic rings. The Morgan fingerprint density at radius 2 is 2.00 bits per heavy atom. The Morgan fingerprint density at radius 1 is 1.25 bits per heavy atom. The zero-order chi connectivity index (χ0) is 14.3. The second-order valence-corrected chi connectivity index (χ2v) is 5.88. The fourth-order valence-electron chi connectivity index (χ4n) is 3.48. The molecule has 0 spiro atoms. The van der Waals surface area contributed by atoms with E-state index in [0.717, 1.165) is 37.3 Å². The van der Waals surface area contributed by atoms with E-state index in [9.17, 15) is 14.4 Å². The van der Waals surface area contributed by atoms with Gasteiger partial charge in [-0.2, -0.15) is 0 Å². The van der Waals surface area contributed by atoms with Gasteiger partial charge in [0.25, 0.3) is 5.91 Å².